The van der Waals surface area contributed by atoms with Crippen LogP contribution >= 0.6 is 0 Å². The number of benzene rings is 2. The zero-order chi connectivity index (χ0) is 19.0. The predicted molar refractivity (Wildman–Crippen MR) is 111 cm³/mol. The van der Waals surface area contributed by atoms with Crippen molar-refractivity contribution in [2.45, 2.75) is 44.6 Å². The van der Waals surface area contributed by atoms with Crippen LogP contribution in [0.3, 0.4) is 0 Å². The minimum absolute atomic E-state index is 0.439. The Bertz CT molecular complexity index is 862. The molecule has 0 spiro atoms. The Morgan fingerprint density at radius 2 is 1.54 bits per heavy atom. The van der Waals surface area contributed by atoms with Crippen molar-refractivity contribution in [3.63, 3.8) is 0 Å². The molecular formula is C22H25N5O. The zero-order valence-corrected chi connectivity index (χ0v) is 15.8. The van der Waals surface area contributed by atoms with Crippen LogP contribution in [0.5, 0.6) is 11.5 Å². The van der Waals surface area contributed by atoms with Crippen LogP contribution in [0, 0.1) is 0 Å². The first-order chi connectivity index (χ1) is 13.8. The van der Waals surface area contributed by atoms with Gasteiger partial charge in [0.05, 0.1) is 6.20 Å². The summed E-state index contributed by atoms with van der Waals surface area (Å²) < 4.78 is 5.82. The number of ether oxygens (including phenoxy) is 1. The Kier molecular flexibility index (Phi) is 5.97. The van der Waals surface area contributed by atoms with E-state index in [9.17, 15) is 0 Å². The third-order valence-electron chi connectivity index (χ3n) is 4.85. The quantitative estimate of drug-likeness (QED) is 0.551. The Balaban J connectivity index is 1.37. The first kappa shape index (κ1) is 18.2. The molecule has 1 aliphatic carbocycles. The highest BCUT2D eigenvalue weighted by Crippen LogP contribution is 2.24. The van der Waals surface area contributed by atoms with Gasteiger partial charge in [-0.25, -0.2) is 0 Å². The van der Waals surface area contributed by atoms with Gasteiger partial charge in [-0.3, -0.25) is 0 Å². The average Bonchev–Trinajstić information content (AvgIpc) is 2.99. The molecule has 6 heteroatoms. The van der Waals surface area contributed by atoms with Gasteiger partial charge in [-0.05, 0) is 49.2 Å². The third-order valence-corrected chi connectivity index (χ3v) is 4.85. The maximum atomic E-state index is 5.82. The van der Waals surface area contributed by atoms with Gasteiger partial charge in [0, 0.05) is 11.7 Å². The summed E-state index contributed by atoms with van der Waals surface area (Å²) in [5.74, 6) is 2.86. The van der Waals surface area contributed by atoms with Gasteiger partial charge in [-0.15, -0.1) is 5.10 Å². The molecule has 1 heterocycles. The van der Waals surface area contributed by atoms with Gasteiger partial charge in [0.25, 0.3) is 0 Å². The molecule has 0 unspecified atom stereocenters. The van der Waals surface area contributed by atoms with E-state index in [2.05, 4.69) is 25.8 Å². The maximum Gasteiger partial charge on any atom is 0.244 e. The van der Waals surface area contributed by atoms with E-state index in [0.717, 1.165) is 17.2 Å². The first-order valence-corrected chi connectivity index (χ1v) is 9.91. The molecule has 0 atom stereocenters. The molecule has 1 aliphatic rings. The zero-order valence-electron chi connectivity index (χ0n) is 15.8. The average molecular weight is 375 g/mol. The lowest BCUT2D eigenvalue weighted by Crippen LogP contribution is -2.20. The number of para-hydroxylation sites is 1. The van der Waals surface area contributed by atoms with E-state index in [4.69, 9.17) is 4.74 Å². The monoisotopic (exact) mass is 375 g/mol. The van der Waals surface area contributed by atoms with Crippen LogP contribution in [0.4, 0.5) is 17.5 Å². The summed E-state index contributed by atoms with van der Waals surface area (Å²) >= 11 is 0. The van der Waals surface area contributed by atoms with Gasteiger partial charge in [0.2, 0.25) is 5.95 Å². The minimum atomic E-state index is 0.439. The van der Waals surface area contributed by atoms with Crippen LogP contribution in [0.1, 0.15) is 38.5 Å². The van der Waals surface area contributed by atoms with Crippen molar-refractivity contribution in [1.82, 2.24) is 15.2 Å². The molecule has 0 saturated heterocycles. The standard InChI is InChI=1S/C22H25N5O/c1-2-5-9-17(8-4-1)25-22-26-21(16-23-27-22)24-18-12-14-20(15-13-18)28-19-10-6-3-7-11-19/h3,6-7,10-17H,1-2,4-5,8-9H2,(H2,24,25,26,27). The summed E-state index contributed by atoms with van der Waals surface area (Å²) in [7, 11) is 0. The number of hydrogen-bond acceptors (Lipinski definition) is 6. The Labute approximate surface area is 165 Å². The molecule has 28 heavy (non-hydrogen) atoms. The Morgan fingerprint density at radius 1 is 0.821 bits per heavy atom. The molecular weight excluding hydrogens is 350 g/mol. The first-order valence-electron chi connectivity index (χ1n) is 9.91. The van der Waals surface area contributed by atoms with E-state index >= 15 is 0 Å². The van der Waals surface area contributed by atoms with Crippen LogP contribution < -0.4 is 15.4 Å². The van der Waals surface area contributed by atoms with Gasteiger partial charge in [-0.2, -0.15) is 10.1 Å². The molecule has 0 bridgehead atoms. The van der Waals surface area contributed by atoms with E-state index in [0.29, 0.717) is 17.8 Å². The third kappa shape index (κ3) is 5.19. The summed E-state index contributed by atoms with van der Waals surface area (Å²) in [4.78, 5) is 4.56. The molecule has 144 valence electrons. The van der Waals surface area contributed by atoms with Crippen molar-refractivity contribution in [2.75, 3.05) is 10.6 Å². The van der Waals surface area contributed by atoms with Crippen LogP contribution in [-0.4, -0.2) is 21.2 Å². The van der Waals surface area contributed by atoms with Crippen LogP contribution in [0.2, 0.25) is 0 Å². The molecule has 3 aromatic rings. The van der Waals surface area contributed by atoms with E-state index in [1.807, 2.05) is 54.6 Å². The fourth-order valence-electron chi connectivity index (χ4n) is 3.41. The van der Waals surface area contributed by atoms with E-state index < -0.39 is 0 Å². The van der Waals surface area contributed by atoms with Crippen molar-refractivity contribution >= 4 is 17.5 Å². The second-order valence-corrected chi connectivity index (χ2v) is 7.06. The molecule has 1 aromatic heterocycles. The van der Waals surface area contributed by atoms with Gasteiger partial charge in [-0.1, -0.05) is 43.9 Å². The maximum absolute atomic E-state index is 5.82. The predicted octanol–water partition coefficient (Wildman–Crippen LogP) is 5.54. The van der Waals surface area contributed by atoms with Crippen molar-refractivity contribution in [3.05, 3.63) is 60.8 Å². The Hall–Kier alpha value is -3.15. The lowest BCUT2D eigenvalue weighted by Gasteiger charge is -2.16. The fraction of sp³-hybridized carbons (Fsp3) is 0.318. The Morgan fingerprint density at radius 3 is 2.29 bits per heavy atom. The molecule has 0 aliphatic heterocycles. The fourth-order valence-corrected chi connectivity index (χ4v) is 3.41. The van der Waals surface area contributed by atoms with Crippen LogP contribution in [0.15, 0.2) is 60.8 Å². The molecule has 2 N–H and O–H groups in total. The van der Waals surface area contributed by atoms with E-state index in [1.165, 1.54) is 38.5 Å². The van der Waals surface area contributed by atoms with E-state index in [1.54, 1.807) is 6.20 Å². The van der Waals surface area contributed by atoms with Gasteiger partial charge in [0.1, 0.15) is 11.5 Å². The number of nitrogens with one attached hydrogen (secondary N) is 2. The highest BCUT2D eigenvalue weighted by molar-refractivity contribution is 5.57. The smallest absolute Gasteiger partial charge is 0.244 e. The number of aromatic nitrogens is 3. The molecule has 1 saturated carbocycles. The minimum Gasteiger partial charge on any atom is -0.457 e. The topological polar surface area (TPSA) is 72.0 Å². The van der Waals surface area contributed by atoms with E-state index in [-0.39, 0.29) is 0 Å². The molecule has 2 aromatic carbocycles. The van der Waals surface area contributed by atoms with Crippen LogP contribution in [0.25, 0.3) is 0 Å². The van der Waals surface area contributed by atoms with Crippen molar-refractivity contribution in [1.29, 1.82) is 0 Å². The SMILES string of the molecule is c1ccc(Oc2ccc(Nc3cnnc(NC4CCCCCC4)n3)cc2)cc1. The highest BCUT2D eigenvalue weighted by atomic mass is 16.5. The van der Waals surface area contributed by atoms with Gasteiger partial charge >= 0.3 is 0 Å². The molecule has 4 rings (SSSR count). The number of anilines is 3. The van der Waals surface area contributed by atoms with Crippen LogP contribution in [-0.2, 0) is 0 Å². The van der Waals surface area contributed by atoms with Crippen molar-refractivity contribution in [3.8, 4) is 11.5 Å². The van der Waals surface area contributed by atoms with Crippen molar-refractivity contribution < 1.29 is 4.74 Å². The largest absolute Gasteiger partial charge is 0.457 e. The summed E-state index contributed by atoms with van der Waals surface area (Å²) in [6, 6.07) is 17.9. The molecule has 6 nitrogen and oxygen atoms in total. The number of hydrogen-bond donors (Lipinski definition) is 2. The lowest BCUT2D eigenvalue weighted by molar-refractivity contribution is 0.483. The second kappa shape index (κ2) is 9.17. The van der Waals surface area contributed by atoms with Gasteiger partial charge < -0.3 is 15.4 Å². The summed E-state index contributed by atoms with van der Waals surface area (Å²) in [5, 5.41) is 14.9. The normalized spacial score (nSPS) is 14.9. The summed E-state index contributed by atoms with van der Waals surface area (Å²) in [5.41, 5.74) is 0.918. The second-order valence-electron chi connectivity index (χ2n) is 7.06. The van der Waals surface area contributed by atoms with Crippen molar-refractivity contribution in [2.24, 2.45) is 0 Å². The van der Waals surface area contributed by atoms with Gasteiger partial charge in [0.15, 0.2) is 5.82 Å². The number of nitrogens with zero attached hydrogens (tertiary/aromatic N) is 3. The lowest BCUT2D eigenvalue weighted by atomic mass is 10.1. The summed E-state index contributed by atoms with van der Waals surface area (Å²) in [6.45, 7) is 0. The summed E-state index contributed by atoms with van der Waals surface area (Å²) in [6.07, 6.45) is 9.15. The molecule has 0 amide bonds. The molecule has 1 fully saturated rings. The molecule has 0 radical (unpaired) electrons. The number of rotatable bonds is 6. The highest BCUT2D eigenvalue weighted by Gasteiger charge is 2.13.